The minimum atomic E-state index is -0.467. The number of nitro benzene ring substituents is 1. The molecule has 5 nitrogen and oxygen atoms in total. The van der Waals surface area contributed by atoms with Gasteiger partial charge in [0.2, 0.25) is 0 Å². The van der Waals surface area contributed by atoms with Crippen LogP contribution in [0.4, 0.5) is 5.69 Å². The number of hydrogen-bond donors (Lipinski definition) is 1. The highest BCUT2D eigenvalue weighted by atomic mass is 16.6. The molecule has 20 heavy (non-hydrogen) atoms. The van der Waals surface area contributed by atoms with Crippen molar-refractivity contribution >= 4 is 11.5 Å². The highest BCUT2D eigenvalue weighted by molar-refractivity contribution is 5.75. The van der Waals surface area contributed by atoms with E-state index in [0.717, 1.165) is 6.42 Å². The molecule has 0 bridgehead atoms. The molecular formula is C15H23NO4. The van der Waals surface area contributed by atoms with Crippen molar-refractivity contribution in [2.45, 2.75) is 47.0 Å². The Balaban J connectivity index is 0.000000441. The quantitative estimate of drug-likeness (QED) is 0.667. The zero-order chi connectivity index (χ0) is 15.9. The standard InChI is InChI=1S/C9H11NO3.C6H12O/c1-6(2)8-5-7(10(12)13)3-4-9(8)11;1-5(2)4-6(3)7/h3-6,11H,1-2H3;5H,4H2,1-3H3. The molecule has 0 fully saturated rings. The van der Waals surface area contributed by atoms with E-state index in [9.17, 15) is 20.0 Å². The Morgan fingerprint density at radius 2 is 1.85 bits per heavy atom. The fraction of sp³-hybridized carbons (Fsp3) is 0.533. The summed E-state index contributed by atoms with van der Waals surface area (Å²) in [5.41, 5.74) is 0.621. The molecule has 0 unspecified atom stereocenters. The van der Waals surface area contributed by atoms with Gasteiger partial charge in [0.1, 0.15) is 11.5 Å². The molecule has 0 spiro atoms. The maximum absolute atomic E-state index is 10.4. The van der Waals surface area contributed by atoms with Gasteiger partial charge in [-0.15, -0.1) is 0 Å². The number of aromatic hydroxyl groups is 1. The van der Waals surface area contributed by atoms with Crippen LogP contribution in [0.15, 0.2) is 18.2 Å². The molecule has 0 aromatic heterocycles. The van der Waals surface area contributed by atoms with Gasteiger partial charge in [0.15, 0.2) is 0 Å². The summed E-state index contributed by atoms with van der Waals surface area (Å²) in [6.45, 7) is 9.46. The third kappa shape index (κ3) is 6.87. The van der Waals surface area contributed by atoms with E-state index in [1.807, 2.05) is 27.7 Å². The average Bonchev–Trinajstić information content (AvgIpc) is 2.27. The van der Waals surface area contributed by atoms with Crippen molar-refractivity contribution in [3.05, 3.63) is 33.9 Å². The third-order valence-electron chi connectivity index (χ3n) is 2.54. The van der Waals surface area contributed by atoms with Crippen LogP contribution in [0.25, 0.3) is 0 Å². The molecule has 1 aromatic carbocycles. The molecule has 1 aromatic rings. The van der Waals surface area contributed by atoms with Gasteiger partial charge in [-0.3, -0.25) is 10.1 Å². The second kappa shape index (κ2) is 8.30. The molecule has 0 aliphatic rings. The fourth-order valence-electron chi connectivity index (χ4n) is 1.69. The zero-order valence-electron chi connectivity index (χ0n) is 12.7. The largest absolute Gasteiger partial charge is 0.508 e. The van der Waals surface area contributed by atoms with Crippen molar-refractivity contribution in [2.75, 3.05) is 0 Å². The van der Waals surface area contributed by atoms with Gasteiger partial charge in [0.25, 0.3) is 5.69 Å². The lowest BCUT2D eigenvalue weighted by atomic mass is 10.0. The number of hydrogen-bond acceptors (Lipinski definition) is 4. The van der Waals surface area contributed by atoms with Gasteiger partial charge in [-0.1, -0.05) is 27.7 Å². The summed E-state index contributed by atoms with van der Waals surface area (Å²) in [5.74, 6) is 1.01. The Morgan fingerprint density at radius 3 is 2.15 bits per heavy atom. The number of carbonyl (C=O) groups excluding carboxylic acids is 1. The van der Waals surface area contributed by atoms with Crippen molar-refractivity contribution in [2.24, 2.45) is 5.92 Å². The number of nitrogens with zero attached hydrogens (tertiary/aromatic N) is 1. The molecule has 0 aliphatic heterocycles. The first kappa shape index (κ1) is 18.1. The van der Waals surface area contributed by atoms with Crippen LogP contribution in [0.3, 0.4) is 0 Å². The predicted octanol–water partition coefficient (Wildman–Crippen LogP) is 4.05. The lowest BCUT2D eigenvalue weighted by molar-refractivity contribution is -0.385. The molecule has 112 valence electrons. The predicted molar refractivity (Wildman–Crippen MR) is 79.0 cm³/mol. The number of phenols is 1. The van der Waals surface area contributed by atoms with Gasteiger partial charge in [-0.25, -0.2) is 0 Å². The Bertz CT molecular complexity index is 467. The van der Waals surface area contributed by atoms with Crippen LogP contribution in [-0.4, -0.2) is 15.8 Å². The summed E-state index contributed by atoms with van der Waals surface area (Å²) in [7, 11) is 0. The second-order valence-corrected chi connectivity index (χ2v) is 5.45. The highest BCUT2D eigenvalue weighted by Gasteiger charge is 2.12. The molecule has 0 atom stereocenters. The Morgan fingerprint density at radius 1 is 1.30 bits per heavy atom. The molecule has 1 rings (SSSR count). The Kier molecular flexibility index (Phi) is 7.51. The highest BCUT2D eigenvalue weighted by Crippen LogP contribution is 2.28. The topological polar surface area (TPSA) is 80.4 Å². The van der Waals surface area contributed by atoms with E-state index in [0.29, 0.717) is 11.5 Å². The number of phenolic OH excluding ortho intramolecular Hbond substituents is 1. The minimum absolute atomic E-state index is 0.0153. The lowest BCUT2D eigenvalue weighted by Gasteiger charge is -2.06. The molecule has 0 saturated heterocycles. The average molecular weight is 281 g/mol. The molecule has 0 aliphatic carbocycles. The van der Waals surface area contributed by atoms with Gasteiger partial charge in [0, 0.05) is 24.1 Å². The van der Waals surface area contributed by atoms with E-state index in [1.54, 1.807) is 6.92 Å². The molecule has 0 heterocycles. The second-order valence-electron chi connectivity index (χ2n) is 5.45. The molecule has 0 saturated carbocycles. The van der Waals surface area contributed by atoms with Crippen LogP contribution in [0.2, 0.25) is 0 Å². The van der Waals surface area contributed by atoms with E-state index in [1.165, 1.54) is 18.2 Å². The van der Waals surface area contributed by atoms with E-state index in [2.05, 4.69) is 0 Å². The molecule has 0 radical (unpaired) electrons. The van der Waals surface area contributed by atoms with Gasteiger partial charge in [-0.05, 0) is 24.8 Å². The van der Waals surface area contributed by atoms with Crippen molar-refractivity contribution in [1.29, 1.82) is 0 Å². The maximum atomic E-state index is 10.4. The summed E-state index contributed by atoms with van der Waals surface area (Å²) in [6.07, 6.45) is 0.722. The number of carbonyl (C=O) groups is 1. The fourth-order valence-corrected chi connectivity index (χ4v) is 1.69. The van der Waals surface area contributed by atoms with E-state index in [-0.39, 0.29) is 23.1 Å². The van der Waals surface area contributed by atoms with Crippen LogP contribution in [-0.2, 0) is 4.79 Å². The molecule has 5 heteroatoms. The van der Waals surface area contributed by atoms with Crippen LogP contribution >= 0.6 is 0 Å². The van der Waals surface area contributed by atoms with Crippen LogP contribution in [0.5, 0.6) is 5.75 Å². The number of ketones is 1. The number of benzene rings is 1. The SMILES string of the molecule is CC(=O)CC(C)C.CC(C)c1cc([N+](=O)[O-])ccc1O. The minimum Gasteiger partial charge on any atom is -0.508 e. The summed E-state index contributed by atoms with van der Waals surface area (Å²) >= 11 is 0. The normalized spacial score (nSPS) is 10.2. The summed E-state index contributed by atoms with van der Waals surface area (Å²) in [4.78, 5) is 20.2. The summed E-state index contributed by atoms with van der Waals surface area (Å²) in [6, 6.07) is 4.05. The van der Waals surface area contributed by atoms with E-state index < -0.39 is 4.92 Å². The van der Waals surface area contributed by atoms with Gasteiger partial charge in [-0.2, -0.15) is 0 Å². The van der Waals surface area contributed by atoms with Crippen molar-refractivity contribution in [3.8, 4) is 5.75 Å². The number of Topliss-reactive ketones (excluding diaryl/α,β-unsaturated/α-hetero) is 1. The summed E-state index contributed by atoms with van der Waals surface area (Å²) < 4.78 is 0. The van der Waals surface area contributed by atoms with Crippen LogP contribution < -0.4 is 0 Å². The first-order valence-electron chi connectivity index (χ1n) is 6.61. The Hall–Kier alpha value is -1.91. The smallest absolute Gasteiger partial charge is 0.269 e. The zero-order valence-corrected chi connectivity index (χ0v) is 12.7. The monoisotopic (exact) mass is 281 g/mol. The van der Waals surface area contributed by atoms with Crippen molar-refractivity contribution in [1.82, 2.24) is 0 Å². The van der Waals surface area contributed by atoms with Gasteiger partial charge in [0.05, 0.1) is 4.92 Å². The maximum Gasteiger partial charge on any atom is 0.269 e. The molecule has 0 amide bonds. The lowest BCUT2D eigenvalue weighted by Crippen LogP contribution is -1.95. The molecular weight excluding hydrogens is 258 g/mol. The number of nitro groups is 1. The molecule has 1 N–H and O–H groups in total. The van der Waals surface area contributed by atoms with E-state index >= 15 is 0 Å². The number of non-ortho nitro benzene ring substituents is 1. The Labute approximate surface area is 119 Å². The van der Waals surface area contributed by atoms with Crippen LogP contribution in [0.1, 0.15) is 52.5 Å². The van der Waals surface area contributed by atoms with Crippen molar-refractivity contribution < 1.29 is 14.8 Å². The van der Waals surface area contributed by atoms with Crippen molar-refractivity contribution in [3.63, 3.8) is 0 Å². The number of rotatable bonds is 4. The summed E-state index contributed by atoms with van der Waals surface area (Å²) in [5, 5.41) is 19.8. The van der Waals surface area contributed by atoms with E-state index in [4.69, 9.17) is 0 Å². The van der Waals surface area contributed by atoms with Gasteiger partial charge < -0.3 is 9.90 Å². The first-order chi connectivity index (χ1) is 9.15. The van der Waals surface area contributed by atoms with Crippen LogP contribution in [0, 0.1) is 16.0 Å². The first-order valence-corrected chi connectivity index (χ1v) is 6.61. The van der Waals surface area contributed by atoms with Gasteiger partial charge >= 0.3 is 0 Å². The third-order valence-corrected chi connectivity index (χ3v) is 2.54.